The zero-order valence-electron chi connectivity index (χ0n) is 26.6. The third kappa shape index (κ3) is 5.06. The standard InChI is InChI=1S/C21H24ClF2N3O/c1-2-15-3-5-17(26-12-15)13-25-14-21(24)7-9-27(10-8-21)20(28)16-4-6-19(23)18(22)11-16/h3-6,11-12,25H,2,7-10,13-14H2,1H3/i2D2,7D2,8D2,9D2,10D2,14D2. The smallest absolute Gasteiger partial charge is 0.253 e. The summed E-state index contributed by atoms with van der Waals surface area (Å²) < 4.78 is 129. The fourth-order valence-electron chi connectivity index (χ4n) is 2.18. The van der Waals surface area contributed by atoms with Crippen molar-refractivity contribution in [3.63, 3.8) is 0 Å². The molecule has 2 aromatic rings. The normalized spacial score (nSPS) is 30.8. The molecule has 3 rings (SSSR count). The molecule has 0 radical (unpaired) electrons. The van der Waals surface area contributed by atoms with Crippen LogP contribution in [0.2, 0.25) is 5.02 Å². The van der Waals surface area contributed by atoms with E-state index in [2.05, 4.69) is 4.98 Å². The molecule has 1 aliphatic rings. The molecule has 7 heteroatoms. The van der Waals surface area contributed by atoms with Gasteiger partial charge in [-0.2, -0.15) is 0 Å². The van der Waals surface area contributed by atoms with Gasteiger partial charge in [0.2, 0.25) is 0 Å². The number of aryl methyl sites for hydroxylation is 1. The van der Waals surface area contributed by atoms with Gasteiger partial charge in [0.25, 0.3) is 5.91 Å². The zero-order chi connectivity index (χ0) is 30.9. The van der Waals surface area contributed by atoms with Crippen LogP contribution in [-0.4, -0.2) is 41.0 Å². The van der Waals surface area contributed by atoms with Gasteiger partial charge in [-0.05, 0) is 36.2 Å². The summed E-state index contributed by atoms with van der Waals surface area (Å²) in [7, 11) is 0. The Morgan fingerprint density at radius 1 is 1.39 bits per heavy atom. The van der Waals surface area contributed by atoms with Gasteiger partial charge in [0.1, 0.15) is 11.5 Å². The van der Waals surface area contributed by atoms with Crippen molar-refractivity contribution in [1.82, 2.24) is 15.2 Å². The molecule has 150 valence electrons. The van der Waals surface area contributed by atoms with E-state index in [-0.39, 0.29) is 11.3 Å². The zero-order valence-corrected chi connectivity index (χ0v) is 15.4. The van der Waals surface area contributed by atoms with E-state index >= 15 is 4.39 Å². The van der Waals surface area contributed by atoms with Gasteiger partial charge >= 0.3 is 0 Å². The average molecular weight is 420 g/mol. The number of rotatable bonds is 6. The number of nitrogens with zero attached hydrogens (tertiary/aromatic N) is 2. The summed E-state index contributed by atoms with van der Waals surface area (Å²) in [6, 6.07) is 4.69. The number of benzene rings is 1. The first-order chi connectivity index (χ1) is 17.9. The molecular weight excluding hydrogens is 384 g/mol. The van der Waals surface area contributed by atoms with Gasteiger partial charge < -0.3 is 10.2 Å². The Bertz CT molecular complexity index is 1280. The lowest BCUT2D eigenvalue weighted by atomic mass is 9.92. The Hall–Kier alpha value is -2.05. The van der Waals surface area contributed by atoms with Crippen molar-refractivity contribution in [2.24, 2.45) is 0 Å². The molecule has 0 saturated carbocycles. The Balaban J connectivity index is 2.08. The van der Waals surface area contributed by atoms with Crippen LogP contribution in [0.3, 0.4) is 0 Å². The average Bonchev–Trinajstić information content (AvgIpc) is 2.82. The first-order valence-electron chi connectivity index (χ1n) is 14.1. The van der Waals surface area contributed by atoms with Crippen molar-refractivity contribution >= 4 is 17.5 Å². The van der Waals surface area contributed by atoms with Gasteiger partial charge in [-0.3, -0.25) is 9.78 Å². The highest BCUT2D eigenvalue weighted by Gasteiger charge is 2.35. The number of aromatic nitrogens is 1. The van der Waals surface area contributed by atoms with Crippen LogP contribution in [0.15, 0.2) is 36.5 Å². The summed E-state index contributed by atoms with van der Waals surface area (Å²) in [5.74, 6) is -2.69. The van der Waals surface area contributed by atoms with Gasteiger partial charge in [-0.1, -0.05) is 24.6 Å². The molecule has 0 spiro atoms. The van der Waals surface area contributed by atoms with Crippen LogP contribution in [-0.2, 0) is 12.9 Å². The lowest BCUT2D eigenvalue weighted by Gasteiger charge is -2.36. The summed E-state index contributed by atoms with van der Waals surface area (Å²) in [4.78, 5) is 16.6. The number of piperidine rings is 1. The molecule has 0 aliphatic carbocycles. The number of likely N-dealkylation sites (tertiary alicyclic amines) is 1. The molecule has 2 heterocycles. The second kappa shape index (κ2) is 8.97. The van der Waals surface area contributed by atoms with Crippen molar-refractivity contribution in [2.75, 3.05) is 19.5 Å². The Kier molecular flexibility index (Phi) is 3.24. The first-order valence-corrected chi connectivity index (χ1v) is 8.45. The monoisotopic (exact) mass is 419 g/mol. The highest BCUT2D eigenvalue weighted by Crippen LogP contribution is 2.27. The number of hydrogen-bond donors (Lipinski definition) is 1. The maximum Gasteiger partial charge on any atom is 0.253 e. The van der Waals surface area contributed by atoms with E-state index in [4.69, 9.17) is 28.1 Å². The highest BCUT2D eigenvalue weighted by molar-refractivity contribution is 6.31. The van der Waals surface area contributed by atoms with E-state index in [1.54, 1.807) is 0 Å². The highest BCUT2D eigenvalue weighted by atomic mass is 35.5. The minimum absolute atomic E-state index is 0.00609. The van der Waals surface area contributed by atoms with E-state index in [0.717, 1.165) is 12.3 Å². The Morgan fingerprint density at radius 3 is 2.75 bits per heavy atom. The number of amides is 1. The molecule has 1 aromatic carbocycles. The molecule has 28 heavy (non-hydrogen) atoms. The Labute approximate surface area is 185 Å². The molecule has 1 aliphatic heterocycles. The lowest BCUT2D eigenvalue weighted by Crippen LogP contribution is -2.48. The Morgan fingerprint density at radius 2 is 2.14 bits per heavy atom. The van der Waals surface area contributed by atoms with Crippen molar-refractivity contribution in [3.05, 3.63) is 64.2 Å². The molecule has 0 bridgehead atoms. The minimum atomic E-state index is -4.63. The van der Waals surface area contributed by atoms with Crippen LogP contribution in [0, 0.1) is 5.82 Å². The quantitative estimate of drug-likeness (QED) is 0.764. The fraction of sp³-hybridized carbons (Fsp3) is 0.429. The number of pyridine rings is 1. The van der Waals surface area contributed by atoms with Crippen LogP contribution in [0.1, 0.15) is 57.7 Å². The van der Waals surface area contributed by atoms with E-state index < -0.39 is 78.0 Å². The third-order valence-corrected chi connectivity index (χ3v) is 3.98. The molecule has 1 aromatic heterocycles. The van der Waals surface area contributed by atoms with E-state index in [0.29, 0.717) is 12.1 Å². The second-order valence-electron chi connectivity index (χ2n) is 5.67. The van der Waals surface area contributed by atoms with Crippen LogP contribution in [0.4, 0.5) is 8.78 Å². The van der Waals surface area contributed by atoms with Crippen LogP contribution in [0.25, 0.3) is 0 Å². The number of nitrogens with one attached hydrogen (secondary N) is 1. The summed E-state index contributed by atoms with van der Waals surface area (Å²) >= 11 is 5.65. The van der Waals surface area contributed by atoms with E-state index in [9.17, 15) is 9.18 Å². The van der Waals surface area contributed by atoms with Crippen LogP contribution in [0.5, 0.6) is 0 Å². The molecule has 1 N–H and O–H groups in total. The predicted octanol–water partition coefficient (Wildman–Crippen LogP) is 4.17. The van der Waals surface area contributed by atoms with Crippen molar-refractivity contribution in [2.45, 2.75) is 38.3 Å². The summed E-state index contributed by atoms with van der Waals surface area (Å²) in [5.41, 5.74) is -5.13. The number of carbonyl (C=O) groups is 1. The molecular formula is C21H24ClF2N3O. The molecule has 0 unspecified atom stereocenters. The van der Waals surface area contributed by atoms with Gasteiger partial charge in [0.15, 0.2) is 0 Å². The van der Waals surface area contributed by atoms with Crippen LogP contribution >= 0.6 is 11.6 Å². The van der Waals surface area contributed by atoms with Gasteiger partial charge in [-0.25, -0.2) is 8.78 Å². The molecule has 0 atom stereocenters. The number of hydrogen-bond acceptors (Lipinski definition) is 3. The van der Waals surface area contributed by atoms with E-state index in [1.165, 1.54) is 19.1 Å². The van der Waals surface area contributed by atoms with Gasteiger partial charge in [-0.15, -0.1) is 0 Å². The number of alkyl halides is 1. The second-order valence-corrected chi connectivity index (χ2v) is 6.08. The lowest BCUT2D eigenvalue weighted by molar-refractivity contribution is 0.0434. The SMILES string of the molecule is [2H]C([2H])(C)c1ccc(CNC([2H])([2H])C2(F)C([2H])([2H])C([2H])([2H])N(C(=O)c3ccc(F)c(Cl)c3)C([2H])([2H])C2([2H])[2H])nc1. The summed E-state index contributed by atoms with van der Waals surface area (Å²) in [6.07, 6.45) is -9.13. The molecule has 4 nitrogen and oxygen atoms in total. The maximum absolute atomic E-state index is 16.8. The largest absolute Gasteiger partial charge is 0.338 e. The summed E-state index contributed by atoms with van der Waals surface area (Å²) in [5, 5.41) is 1.31. The van der Waals surface area contributed by atoms with Crippen molar-refractivity contribution < 1.29 is 30.0 Å². The van der Waals surface area contributed by atoms with Gasteiger partial charge in [0, 0.05) is 67.0 Å². The molecule has 1 saturated heterocycles. The van der Waals surface area contributed by atoms with Gasteiger partial charge in [0.05, 0.1) is 10.7 Å². The first kappa shape index (κ1) is 10.1. The molecule has 1 fully saturated rings. The maximum atomic E-state index is 16.8. The number of halogens is 3. The third-order valence-electron chi connectivity index (χ3n) is 3.69. The number of carbonyl (C=O) groups excluding carboxylic acids is 1. The van der Waals surface area contributed by atoms with Crippen LogP contribution < -0.4 is 5.32 Å². The van der Waals surface area contributed by atoms with Crippen molar-refractivity contribution in [1.29, 1.82) is 0 Å². The van der Waals surface area contributed by atoms with E-state index in [1.807, 2.05) is 5.32 Å². The topological polar surface area (TPSA) is 45.2 Å². The van der Waals surface area contributed by atoms with Crippen molar-refractivity contribution in [3.8, 4) is 0 Å². The fourth-order valence-corrected chi connectivity index (χ4v) is 2.36. The predicted molar refractivity (Wildman–Crippen MR) is 106 cm³/mol. The minimum Gasteiger partial charge on any atom is -0.338 e. The molecule has 1 amide bonds. The summed E-state index contributed by atoms with van der Waals surface area (Å²) in [6.45, 7) is -11.3.